The largest absolute Gasteiger partial charge is 1.00 e. The van der Waals surface area contributed by atoms with Crippen LogP contribution in [0.15, 0.2) is 0 Å². The van der Waals surface area contributed by atoms with Gasteiger partial charge in [-0.15, -0.1) is 0 Å². The molecule has 0 spiro atoms. The van der Waals surface area contributed by atoms with Gasteiger partial charge in [0, 0.05) is 19.4 Å². The molecule has 0 aliphatic carbocycles. The average molecular weight is 244 g/mol. The molecule has 0 aromatic carbocycles. The van der Waals surface area contributed by atoms with Crippen LogP contribution in [0.3, 0.4) is 0 Å². The van der Waals surface area contributed by atoms with E-state index in [2.05, 4.69) is 0 Å². The Balaban J connectivity index is 0.000001000. The quantitative estimate of drug-likeness (QED) is 0.355. The molecule has 0 aromatic rings. The molecule has 0 aromatic heterocycles. The Hall–Kier alpha value is 1.30. The van der Waals surface area contributed by atoms with Crippen molar-refractivity contribution < 1.29 is 67.8 Å². The number of hydrogen-bond acceptors (Lipinski definition) is 3. The van der Waals surface area contributed by atoms with Crippen LogP contribution < -0.4 is 58.2 Å². The van der Waals surface area contributed by atoms with Crippen molar-refractivity contribution in [1.82, 2.24) is 4.90 Å². The van der Waals surface area contributed by atoms with Gasteiger partial charge in [0.25, 0.3) is 0 Å². The third-order valence-electron chi connectivity index (χ3n) is 1.68. The molecule has 0 bridgehead atoms. The number of imide groups is 1. The van der Waals surface area contributed by atoms with E-state index in [1.165, 1.54) is 7.05 Å². The van der Waals surface area contributed by atoms with Crippen molar-refractivity contribution in [2.75, 3.05) is 12.8 Å². The summed E-state index contributed by atoms with van der Waals surface area (Å²) in [7, 11) is 1.50. The molecule has 1 rings (SSSR count). The van der Waals surface area contributed by atoms with E-state index in [-0.39, 0.29) is 75.9 Å². The van der Waals surface area contributed by atoms with Crippen molar-refractivity contribution in [1.29, 1.82) is 0 Å². The normalized spacial score (nSPS) is 23.8. The minimum atomic E-state index is -0.229. The summed E-state index contributed by atoms with van der Waals surface area (Å²) in [4.78, 5) is 22.9. The maximum atomic E-state index is 11.0. The summed E-state index contributed by atoms with van der Waals surface area (Å²) in [6.07, 6.45) is 0.304. The van der Waals surface area contributed by atoms with Crippen LogP contribution in [0.5, 0.6) is 0 Å². The molecule has 56 valence electrons. The van der Waals surface area contributed by atoms with Crippen LogP contribution in [-0.2, 0) is 22.2 Å². The van der Waals surface area contributed by atoms with Crippen LogP contribution in [0.25, 0.3) is 0 Å². The Morgan fingerprint density at radius 3 is 2.36 bits per heavy atom. The number of carbonyl (C=O) groups is 2. The van der Waals surface area contributed by atoms with Gasteiger partial charge in [-0.3, -0.25) is 14.5 Å². The zero-order valence-corrected chi connectivity index (χ0v) is 12.4. The summed E-state index contributed by atoms with van der Waals surface area (Å²) in [6, 6.07) is 0. The van der Waals surface area contributed by atoms with Crippen molar-refractivity contribution in [3.05, 3.63) is 0 Å². The van der Waals surface area contributed by atoms with Gasteiger partial charge >= 0.3 is 58.2 Å². The number of nitrogens with zero attached hydrogens (tertiary/aromatic N) is 1. The number of amides is 2. The molecule has 0 radical (unpaired) electrons. The zero-order chi connectivity index (χ0) is 7.72. The summed E-state index contributed by atoms with van der Waals surface area (Å²) in [5.41, 5.74) is 0. The third-order valence-corrected chi connectivity index (χ3v) is 2.08. The minimum absolute atomic E-state index is 0. The van der Waals surface area contributed by atoms with E-state index in [9.17, 15) is 9.59 Å². The van der Waals surface area contributed by atoms with Crippen molar-refractivity contribution in [3.63, 3.8) is 0 Å². The summed E-state index contributed by atoms with van der Waals surface area (Å²) < 4.78 is 0. The van der Waals surface area contributed by atoms with Gasteiger partial charge in [-0.05, 0) is 0 Å². The number of rotatable bonds is 1. The number of carbonyl (C=O) groups excluding carboxylic acids is 2. The summed E-state index contributed by atoms with van der Waals surface area (Å²) in [6.45, 7) is 0. The molecule has 1 aliphatic rings. The predicted octanol–water partition coefficient (Wildman–Crippen LogP) is -3.46. The molecule has 3 nitrogen and oxygen atoms in total. The second kappa shape index (κ2) is 5.12. The molecular weight excluding hydrogens is 236 g/mol. The van der Waals surface area contributed by atoms with E-state index in [1.807, 2.05) is 0 Å². The summed E-state index contributed by atoms with van der Waals surface area (Å²) >= 11 is 4.70. The number of hydrogen-bond donors (Lipinski definition) is 0. The van der Waals surface area contributed by atoms with E-state index in [4.69, 9.17) is 12.6 Å². The molecule has 1 aliphatic heterocycles. The molecule has 2 amide bonds. The Morgan fingerprint density at radius 2 is 2.18 bits per heavy atom. The van der Waals surface area contributed by atoms with E-state index >= 15 is 0 Å². The van der Waals surface area contributed by atoms with Gasteiger partial charge in [0.15, 0.2) is 0 Å². The summed E-state index contributed by atoms with van der Waals surface area (Å²) in [5, 5.41) is 0. The third kappa shape index (κ3) is 2.62. The van der Waals surface area contributed by atoms with Crippen LogP contribution in [0.2, 0.25) is 0 Å². The van der Waals surface area contributed by atoms with E-state index in [1.54, 1.807) is 0 Å². The van der Waals surface area contributed by atoms with Crippen LogP contribution in [0, 0.1) is 5.92 Å². The topological polar surface area (TPSA) is 37.4 Å². The molecule has 1 fully saturated rings. The minimum Gasteiger partial charge on any atom is -0.792 e. The Morgan fingerprint density at radius 1 is 1.64 bits per heavy atom. The van der Waals surface area contributed by atoms with E-state index < -0.39 is 0 Å². The first-order chi connectivity index (χ1) is 4.66. The average Bonchev–Trinajstić information content (AvgIpc) is 2.17. The molecule has 1 saturated heterocycles. The molecule has 11 heavy (non-hydrogen) atoms. The SMILES string of the molecule is CN1C(=O)CC(C[S-])C1=O.[Rb+]. The first-order valence-electron chi connectivity index (χ1n) is 3.05. The fourth-order valence-corrected chi connectivity index (χ4v) is 1.22. The zero-order valence-electron chi connectivity index (χ0n) is 6.66. The summed E-state index contributed by atoms with van der Waals surface area (Å²) in [5.74, 6) is -0.109. The fraction of sp³-hybridized carbons (Fsp3) is 0.667. The predicted molar refractivity (Wildman–Crippen MR) is 38.1 cm³/mol. The van der Waals surface area contributed by atoms with Crippen molar-refractivity contribution in [3.8, 4) is 0 Å². The smallest absolute Gasteiger partial charge is 0.792 e. The van der Waals surface area contributed by atoms with Crippen molar-refractivity contribution in [2.45, 2.75) is 6.42 Å². The van der Waals surface area contributed by atoms with Crippen molar-refractivity contribution in [2.24, 2.45) is 5.92 Å². The van der Waals surface area contributed by atoms with Gasteiger partial charge in [0.1, 0.15) is 0 Å². The van der Waals surface area contributed by atoms with Gasteiger partial charge in [0.05, 0.1) is 0 Å². The Bertz CT molecular complexity index is 185. The van der Waals surface area contributed by atoms with E-state index in [0.717, 1.165) is 4.90 Å². The molecule has 0 N–H and O–H groups in total. The molecular formula is C6H8NO2RbS. The van der Waals surface area contributed by atoms with Gasteiger partial charge in [0.2, 0.25) is 11.8 Å². The van der Waals surface area contributed by atoms with Crippen LogP contribution in [-0.4, -0.2) is 29.5 Å². The number of likely N-dealkylation sites (tertiary alicyclic amines) is 1. The first kappa shape index (κ1) is 12.3. The monoisotopic (exact) mass is 243 g/mol. The van der Waals surface area contributed by atoms with Crippen molar-refractivity contribution >= 4 is 24.4 Å². The van der Waals surface area contributed by atoms with Crippen LogP contribution >= 0.6 is 0 Å². The Labute approximate surface area is 120 Å². The van der Waals surface area contributed by atoms with Gasteiger partial charge in [-0.2, -0.15) is 5.75 Å². The van der Waals surface area contributed by atoms with Gasteiger partial charge in [-0.1, -0.05) is 0 Å². The molecule has 0 saturated carbocycles. The van der Waals surface area contributed by atoms with Crippen LogP contribution in [0.1, 0.15) is 6.42 Å². The second-order valence-corrected chi connectivity index (χ2v) is 2.69. The maximum absolute atomic E-state index is 11.0. The van der Waals surface area contributed by atoms with Gasteiger partial charge < -0.3 is 12.6 Å². The fourth-order valence-electron chi connectivity index (χ4n) is 0.962. The molecule has 1 unspecified atom stereocenters. The Kier molecular flexibility index (Phi) is 5.72. The van der Waals surface area contributed by atoms with Crippen LogP contribution in [0.4, 0.5) is 0 Å². The molecule has 1 heterocycles. The standard InChI is InChI=1S/C6H9NO2S.Rb/c1-7-5(8)2-4(3-10)6(7)9;/h4,10H,2-3H2,1H3;/q;+1/p-1. The first-order valence-corrected chi connectivity index (χ1v) is 3.63. The molecule has 5 heteroatoms. The maximum Gasteiger partial charge on any atom is 1.00 e. The van der Waals surface area contributed by atoms with Gasteiger partial charge in [-0.25, -0.2) is 0 Å². The second-order valence-electron chi connectivity index (χ2n) is 2.36. The van der Waals surface area contributed by atoms with E-state index in [0.29, 0.717) is 12.2 Å². The molecule has 1 atom stereocenters.